The van der Waals surface area contributed by atoms with Crippen LogP contribution in [0.15, 0.2) is 24.3 Å². The lowest BCUT2D eigenvalue weighted by Gasteiger charge is -2.13. The van der Waals surface area contributed by atoms with E-state index in [-0.39, 0.29) is 18.2 Å². The highest BCUT2D eigenvalue weighted by atomic mass is 19.1. The van der Waals surface area contributed by atoms with Crippen LogP contribution in [0, 0.1) is 5.82 Å². The van der Waals surface area contributed by atoms with Crippen molar-refractivity contribution in [3.63, 3.8) is 0 Å². The molecule has 0 heterocycles. The molecule has 1 rings (SSSR count). The van der Waals surface area contributed by atoms with Gasteiger partial charge in [-0.1, -0.05) is 18.2 Å². The third-order valence-electron chi connectivity index (χ3n) is 2.43. The first-order valence-corrected chi connectivity index (χ1v) is 5.85. The van der Waals surface area contributed by atoms with Crippen molar-refractivity contribution in [3.05, 3.63) is 35.6 Å². The quantitative estimate of drug-likeness (QED) is 0.821. The molecule has 4 nitrogen and oxygen atoms in total. The maximum atomic E-state index is 13.3. The van der Waals surface area contributed by atoms with Crippen LogP contribution in [0.25, 0.3) is 0 Å². The highest BCUT2D eigenvalue weighted by molar-refractivity contribution is 5.88. The van der Waals surface area contributed by atoms with Gasteiger partial charge in [-0.3, -0.25) is 9.59 Å². The largest absolute Gasteiger partial charge is 0.355 e. The molecule has 98 valence electrons. The summed E-state index contributed by atoms with van der Waals surface area (Å²) in [6.45, 7) is 3.89. The van der Waals surface area contributed by atoms with E-state index in [1.165, 1.54) is 6.07 Å². The van der Waals surface area contributed by atoms with Gasteiger partial charge < -0.3 is 10.6 Å². The second kappa shape index (κ2) is 6.74. The van der Waals surface area contributed by atoms with E-state index in [1.807, 2.05) is 0 Å². The number of hydrogen-bond acceptors (Lipinski definition) is 2. The molecule has 1 unspecified atom stereocenters. The molecule has 0 aliphatic carbocycles. The zero-order valence-corrected chi connectivity index (χ0v) is 10.5. The number of amides is 2. The summed E-state index contributed by atoms with van der Waals surface area (Å²) in [5.74, 6) is -1.04. The predicted molar refractivity (Wildman–Crippen MR) is 66.4 cm³/mol. The minimum Gasteiger partial charge on any atom is -0.355 e. The lowest BCUT2D eigenvalue weighted by molar-refractivity contribution is -0.128. The Morgan fingerprint density at radius 1 is 1.33 bits per heavy atom. The first-order valence-electron chi connectivity index (χ1n) is 5.85. The SMILES string of the molecule is CCNC(=O)C(C)NC(=O)Cc1ccccc1F. The Bertz CT molecular complexity index is 435. The molecule has 0 aromatic heterocycles. The highest BCUT2D eigenvalue weighted by Gasteiger charge is 2.15. The van der Waals surface area contributed by atoms with Crippen LogP contribution in [-0.4, -0.2) is 24.4 Å². The first kappa shape index (κ1) is 14.2. The van der Waals surface area contributed by atoms with E-state index in [0.717, 1.165) is 0 Å². The van der Waals surface area contributed by atoms with E-state index in [9.17, 15) is 14.0 Å². The van der Waals surface area contributed by atoms with Crippen LogP contribution in [0.4, 0.5) is 4.39 Å². The van der Waals surface area contributed by atoms with Crippen LogP contribution >= 0.6 is 0 Å². The van der Waals surface area contributed by atoms with Gasteiger partial charge in [-0.2, -0.15) is 0 Å². The predicted octanol–water partition coefficient (Wildman–Crippen LogP) is 1.01. The second-order valence-electron chi connectivity index (χ2n) is 3.95. The summed E-state index contributed by atoms with van der Waals surface area (Å²) in [7, 11) is 0. The molecule has 0 saturated carbocycles. The van der Waals surface area contributed by atoms with Gasteiger partial charge in [-0.15, -0.1) is 0 Å². The smallest absolute Gasteiger partial charge is 0.242 e. The fourth-order valence-corrected chi connectivity index (χ4v) is 1.50. The Hall–Kier alpha value is -1.91. The van der Waals surface area contributed by atoms with Crippen LogP contribution in [0.5, 0.6) is 0 Å². The number of likely N-dealkylation sites (N-methyl/N-ethyl adjacent to an activating group) is 1. The summed E-state index contributed by atoms with van der Waals surface area (Å²) in [5.41, 5.74) is 0.318. The fourth-order valence-electron chi connectivity index (χ4n) is 1.50. The maximum Gasteiger partial charge on any atom is 0.242 e. The van der Waals surface area contributed by atoms with Gasteiger partial charge in [0, 0.05) is 6.54 Å². The number of carbonyl (C=O) groups is 2. The highest BCUT2D eigenvalue weighted by Crippen LogP contribution is 2.06. The normalized spacial score (nSPS) is 11.7. The van der Waals surface area contributed by atoms with Crippen molar-refractivity contribution in [1.29, 1.82) is 0 Å². The molecular weight excluding hydrogens is 235 g/mol. The zero-order chi connectivity index (χ0) is 13.5. The second-order valence-corrected chi connectivity index (χ2v) is 3.95. The molecule has 0 aliphatic heterocycles. The number of nitrogens with one attached hydrogen (secondary N) is 2. The van der Waals surface area contributed by atoms with Crippen molar-refractivity contribution in [1.82, 2.24) is 10.6 Å². The van der Waals surface area contributed by atoms with Crippen LogP contribution in [-0.2, 0) is 16.0 Å². The molecule has 2 N–H and O–H groups in total. The molecule has 2 amide bonds. The monoisotopic (exact) mass is 252 g/mol. The summed E-state index contributed by atoms with van der Waals surface area (Å²) in [6.07, 6.45) is -0.0730. The summed E-state index contributed by atoms with van der Waals surface area (Å²) >= 11 is 0. The number of carbonyl (C=O) groups excluding carboxylic acids is 2. The van der Waals surface area contributed by atoms with Gasteiger partial charge in [0.2, 0.25) is 11.8 Å². The number of hydrogen-bond donors (Lipinski definition) is 2. The van der Waals surface area contributed by atoms with Crippen LogP contribution in [0.2, 0.25) is 0 Å². The summed E-state index contributed by atoms with van der Waals surface area (Å²) in [6, 6.07) is 5.46. The Balaban J connectivity index is 2.52. The summed E-state index contributed by atoms with van der Waals surface area (Å²) < 4.78 is 13.3. The van der Waals surface area contributed by atoms with E-state index in [2.05, 4.69) is 10.6 Å². The molecule has 1 atom stereocenters. The van der Waals surface area contributed by atoms with Gasteiger partial charge in [-0.05, 0) is 25.5 Å². The van der Waals surface area contributed by atoms with Gasteiger partial charge in [0.1, 0.15) is 11.9 Å². The van der Waals surface area contributed by atoms with Gasteiger partial charge in [0.25, 0.3) is 0 Å². The molecule has 0 bridgehead atoms. The molecule has 1 aromatic carbocycles. The average molecular weight is 252 g/mol. The minimum atomic E-state index is -0.621. The van der Waals surface area contributed by atoms with Crippen molar-refractivity contribution >= 4 is 11.8 Å². The lowest BCUT2D eigenvalue weighted by Crippen LogP contribution is -2.45. The summed E-state index contributed by atoms with van der Waals surface area (Å²) in [5, 5.41) is 5.12. The Morgan fingerprint density at radius 3 is 2.61 bits per heavy atom. The molecule has 0 aliphatic rings. The van der Waals surface area contributed by atoms with Crippen molar-refractivity contribution in [2.75, 3.05) is 6.54 Å². The topological polar surface area (TPSA) is 58.2 Å². The van der Waals surface area contributed by atoms with Crippen molar-refractivity contribution in [2.45, 2.75) is 26.3 Å². The standard InChI is InChI=1S/C13H17FN2O2/c1-3-15-13(18)9(2)16-12(17)8-10-6-4-5-7-11(10)14/h4-7,9H,3,8H2,1-2H3,(H,15,18)(H,16,17). The first-order chi connectivity index (χ1) is 8.54. The Labute approximate surface area is 106 Å². The van der Waals surface area contributed by atoms with Gasteiger partial charge in [0.15, 0.2) is 0 Å². The van der Waals surface area contributed by atoms with Crippen molar-refractivity contribution < 1.29 is 14.0 Å². The van der Waals surface area contributed by atoms with Gasteiger partial charge in [-0.25, -0.2) is 4.39 Å². The number of benzene rings is 1. The fraction of sp³-hybridized carbons (Fsp3) is 0.385. The van der Waals surface area contributed by atoms with Crippen LogP contribution in [0.3, 0.4) is 0 Å². The Kier molecular flexibility index (Phi) is 5.30. The van der Waals surface area contributed by atoms with E-state index < -0.39 is 11.9 Å². The van der Waals surface area contributed by atoms with E-state index >= 15 is 0 Å². The van der Waals surface area contributed by atoms with Crippen LogP contribution < -0.4 is 10.6 Å². The molecule has 1 aromatic rings. The number of rotatable bonds is 5. The molecule has 0 saturated heterocycles. The molecule has 0 spiro atoms. The number of halogens is 1. The third-order valence-corrected chi connectivity index (χ3v) is 2.43. The molecular formula is C13H17FN2O2. The molecule has 0 radical (unpaired) electrons. The van der Waals surface area contributed by atoms with Gasteiger partial charge >= 0.3 is 0 Å². The lowest BCUT2D eigenvalue weighted by atomic mass is 10.1. The molecule has 5 heteroatoms. The van der Waals surface area contributed by atoms with Crippen LogP contribution in [0.1, 0.15) is 19.4 Å². The van der Waals surface area contributed by atoms with E-state index in [1.54, 1.807) is 32.0 Å². The maximum absolute atomic E-state index is 13.3. The third kappa shape index (κ3) is 4.16. The Morgan fingerprint density at radius 2 is 2.00 bits per heavy atom. The van der Waals surface area contributed by atoms with Gasteiger partial charge in [0.05, 0.1) is 6.42 Å². The van der Waals surface area contributed by atoms with Crippen molar-refractivity contribution in [3.8, 4) is 0 Å². The molecule has 18 heavy (non-hydrogen) atoms. The van der Waals surface area contributed by atoms with Crippen molar-refractivity contribution in [2.24, 2.45) is 0 Å². The van der Waals surface area contributed by atoms with E-state index in [4.69, 9.17) is 0 Å². The molecule has 0 fully saturated rings. The van der Waals surface area contributed by atoms with E-state index in [0.29, 0.717) is 12.1 Å². The minimum absolute atomic E-state index is 0.0730. The zero-order valence-electron chi connectivity index (χ0n) is 10.5. The summed E-state index contributed by atoms with van der Waals surface area (Å²) in [4.78, 5) is 23.0. The average Bonchev–Trinajstić information content (AvgIpc) is 2.32.